The van der Waals surface area contributed by atoms with E-state index in [0.29, 0.717) is 0 Å². The van der Waals surface area contributed by atoms with Crippen LogP contribution in [0.1, 0.15) is 29.9 Å². The van der Waals surface area contributed by atoms with E-state index in [-0.39, 0.29) is 6.04 Å². The molecule has 1 atom stereocenters. The third-order valence-electron chi connectivity index (χ3n) is 3.04. The summed E-state index contributed by atoms with van der Waals surface area (Å²) in [6.45, 7) is 5.13. The van der Waals surface area contributed by atoms with Crippen LogP contribution in [-0.2, 0) is 6.42 Å². The van der Waals surface area contributed by atoms with Gasteiger partial charge in [-0.3, -0.25) is 0 Å². The molecule has 0 bridgehead atoms. The maximum Gasteiger partial charge on any atom is 0.105 e. The molecule has 1 aromatic carbocycles. The number of nitrogens with one attached hydrogen (secondary N) is 1. The molecule has 0 aliphatic heterocycles. The molecule has 0 fully saturated rings. The molecule has 2 aromatic rings. The number of hydrogen-bond donors (Lipinski definition) is 1. The Hall–Kier alpha value is -1.25. The van der Waals surface area contributed by atoms with Gasteiger partial charge in [-0.15, -0.1) is 0 Å². The molecule has 18 heavy (non-hydrogen) atoms. The average molecular weight is 264 g/mol. The Balaban J connectivity index is 2.23. The number of aryl methyl sites for hydroxylation is 1. The Morgan fingerprint density at radius 1 is 1.33 bits per heavy atom. The maximum atomic E-state index is 6.00. The summed E-state index contributed by atoms with van der Waals surface area (Å²) < 4.78 is 5.43. The highest BCUT2D eigenvalue weighted by Crippen LogP contribution is 2.24. The molecule has 0 amide bonds. The predicted octanol–water partition coefficient (Wildman–Crippen LogP) is 4.13. The second-order valence-electron chi connectivity index (χ2n) is 4.39. The van der Waals surface area contributed by atoms with E-state index in [9.17, 15) is 0 Å². The van der Waals surface area contributed by atoms with Crippen molar-refractivity contribution in [1.82, 2.24) is 5.32 Å². The Morgan fingerprint density at radius 2 is 2.17 bits per heavy atom. The third-order valence-corrected chi connectivity index (χ3v) is 3.28. The molecular weight excluding hydrogens is 246 g/mol. The van der Waals surface area contributed by atoms with Gasteiger partial charge in [-0.25, -0.2) is 0 Å². The zero-order chi connectivity index (χ0) is 13.0. The lowest BCUT2D eigenvalue weighted by Gasteiger charge is -2.19. The third kappa shape index (κ3) is 3.15. The predicted molar refractivity (Wildman–Crippen MR) is 75.0 cm³/mol. The first-order chi connectivity index (χ1) is 8.70. The van der Waals surface area contributed by atoms with Crippen molar-refractivity contribution in [3.05, 3.63) is 58.5 Å². The molecule has 0 saturated heterocycles. The number of benzene rings is 1. The van der Waals surface area contributed by atoms with Crippen LogP contribution in [0, 0.1) is 6.92 Å². The van der Waals surface area contributed by atoms with Gasteiger partial charge in [-0.05, 0) is 48.9 Å². The van der Waals surface area contributed by atoms with Crippen molar-refractivity contribution < 1.29 is 4.42 Å². The van der Waals surface area contributed by atoms with E-state index in [4.69, 9.17) is 16.0 Å². The fourth-order valence-electron chi connectivity index (χ4n) is 2.20. The zero-order valence-corrected chi connectivity index (χ0v) is 11.5. The van der Waals surface area contributed by atoms with Crippen molar-refractivity contribution in [2.75, 3.05) is 6.54 Å². The van der Waals surface area contributed by atoms with E-state index in [0.717, 1.165) is 23.7 Å². The molecular formula is C15H18ClNO. The molecule has 0 aliphatic carbocycles. The number of likely N-dealkylation sites (N-methyl/N-ethyl adjacent to an activating group) is 1. The first kappa shape index (κ1) is 13.2. The van der Waals surface area contributed by atoms with Crippen LogP contribution in [0.15, 0.2) is 41.0 Å². The lowest BCUT2D eigenvalue weighted by molar-refractivity contribution is 0.454. The lowest BCUT2D eigenvalue weighted by Crippen LogP contribution is -2.23. The van der Waals surface area contributed by atoms with Crippen LogP contribution in [0.2, 0.25) is 5.02 Å². The average Bonchev–Trinajstić information content (AvgIpc) is 2.81. The quantitative estimate of drug-likeness (QED) is 0.877. The van der Waals surface area contributed by atoms with Crippen molar-refractivity contribution in [2.45, 2.75) is 26.3 Å². The molecule has 0 saturated carbocycles. The van der Waals surface area contributed by atoms with E-state index in [1.165, 1.54) is 11.1 Å². The van der Waals surface area contributed by atoms with Gasteiger partial charge in [0.25, 0.3) is 0 Å². The summed E-state index contributed by atoms with van der Waals surface area (Å²) in [5, 5.41) is 4.28. The van der Waals surface area contributed by atoms with Crippen molar-refractivity contribution in [3.8, 4) is 0 Å². The summed E-state index contributed by atoms with van der Waals surface area (Å²) in [6.07, 6.45) is 2.57. The summed E-state index contributed by atoms with van der Waals surface area (Å²) in [4.78, 5) is 0. The number of hydrogen-bond acceptors (Lipinski definition) is 2. The molecule has 96 valence electrons. The molecule has 1 heterocycles. The maximum absolute atomic E-state index is 6.00. The summed E-state index contributed by atoms with van der Waals surface area (Å²) >= 11 is 6.00. The summed E-state index contributed by atoms with van der Waals surface area (Å²) in [6, 6.07) is 10.2. The first-order valence-electron chi connectivity index (χ1n) is 6.22. The fraction of sp³-hybridized carbons (Fsp3) is 0.333. The Bertz CT molecular complexity index is 493. The van der Waals surface area contributed by atoms with E-state index in [1.807, 2.05) is 24.3 Å². The number of furan rings is 1. The van der Waals surface area contributed by atoms with Crippen LogP contribution >= 0.6 is 11.6 Å². The van der Waals surface area contributed by atoms with Crippen LogP contribution in [-0.4, -0.2) is 6.54 Å². The van der Waals surface area contributed by atoms with E-state index < -0.39 is 0 Å². The minimum atomic E-state index is 0.262. The zero-order valence-electron chi connectivity index (χ0n) is 10.7. The Labute approximate surface area is 113 Å². The van der Waals surface area contributed by atoms with Gasteiger partial charge in [-0.2, -0.15) is 0 Å². The van der Waals surface area contributed by atoms with Gasteiger partial charge >= 0.3 is 0 Å². The molecule has 3 heteroatoms. The van der Waals surface area contributed by atoms with Gasteiger partial charge in [0.05, 0.1) is 6.26 Å². The normalized spacial score (nSPS) is 12.6. The molecule has 1 N–H and O–H groups in total. The lowest BCUT2D eigenvalue weighted by atomic mass is 9.98. The summed E-state index contributed by atoms with van der Waals surface area (Å²) in [7, 11) is 0. The van der Waals surface area contributed by atoms with Crippen molar-refractivity contribution in [3.63, 3.8) is 0 Å². The molecule has 0 aliphatic rings. The van der Waals surface area contributed by atoms with Gasteiger partial charge in [-0.1, -0.05) is 24.6 Å². The van der Waals surface area contributed by atoms with Crippen LogP contribution in [0.4, 0.5) is 0 Å². The Morgan fingerprint density at radius 3 is 2.78 bits per heavy atom. The second-order valence-corrected chi connectivity index (χ2v) is 4.83. The molecule has 0 spiro atoms. The monoisotopic (exact) mass is 263 g/mol. The molecule has 0 radical (unpaired) electrons. The topological polar surface area (TPSA) is 25.2 Å². The number of halogens is 1. The van der Waals surface area contributed by atoms with Crippen LogP contribution < -0.4 is 5.32 Å². The SMILES string of the molecule is CCNC(Cc1ccco1)c1ccc(Cl)cc1C. The highest BCUT2D eigenvalue weighted by atomic mass is 35.5. The van der Waals surface area contributed by atoms with Gasteiger partial charge in [0.2, 0.25) is 0 Å². The van der Waals surface area contributed by atoms with Crippen LogP contribution in [0.25, 0.3) is 0 Å². The molecule has 1 aromatic heterocycles. The van der Waals surface area contributed by atoms with Crippen molar-refractivity contribution in [2.24, 2.45) is 0 Å². The van der Waals surface area contributed by atoms with E-state index >= 15 is 0 Å². The largest absolute Gasteiger partial charge is 0.469 e. The molecule has 2 nitrogen and oxygen atoms in total. The number of rotatable bonds is 5. The highest BCUT2D eigenvalue weighted by Gasteiger charge is 2.14. The van der Waals surface area contributed by atoms with E-state index in [2.05, 4.69) is 25.2 Å². The smallest absolute Gasteiger partial charge is 0.105 e. The summed E-state index contributed by atoms with van der Waals surface area (Å²) in [5.41, 5.74) is 2.48. The molecule has 2 rings (SSSR count). The molecule has 1 unspecified atom stereocenters. The van der Waals surface area contributed by atoms with Gasteiger partial charge in [0.1, 0.15) is 5.76 Å². The van der Waals surface area contributed by atoms with Crippen molar-refractivity contribution in [1.29, 1.82) is 0 Å². The minimum absolute atomic E-state index is 0.262. The summed E-state index contributed by atoms with van der Waals surface area (Å²) in [5.74, 6) is 0.996. The Kier molecular flexibility index (Phi) is 4.45. The first-order valence-corrected chi connectivity index (χ1v) is 6.60. The second kappa shape index (κ2) is 6.07. The minimum Gasteiger partial charge on any atom is -0.469 e. The van der Waals surface area contributed by atoms with Crippen LogP contribution in [0.5, 0.6) is 0 Å². The van der Waals surface area contributed by atoms with Crippen LogP contribution in [0.3, 0.4) is 0 Å². The highest BCUT2D eigenvalue weighted by molar-refractivity contribution is 6.30. The van der Waals surface area contributed by atoms with Crippen molar-refractivity contribution >= 4 is 11.6 Å². The van der Waals surface area contributed by atoms with E-state index in [1.54, 1.807) is 6.26 Å². The fourth-order valence-corrected chi connectivity index (χ4v) is 2.43. The van der Waals surface area contributed by atoms with Gasteiger partial charge in [0.15, 0.2) is 0 Å². The van der Waals surface area contributed by atoms with Gasteiger partial charge in [0, 0.05) is 17.5 Å². The standard InChI is InChI=1S/C15H18ClNO/c1-3-17-15(10-13-5-4-8-18-13)14-7-6-12(16)9-11(14)2/h4-9,15,17H,3,10H2,1-2H3. The van der Waals surface area contributed by atoms with Gasteiger partial charge < -0.3 is 9.73 Å².